The van der Waals surface area contributed by atoms with Crippen LogP contribution in [-0.4, -0.2) is 95.4 Å². The maximum atomic E-state index is 9.93. The van der Waals surface area contributed by atoms with Crippen LogP contribution in [0.4, 0.5) is 0 Å². The molecule has 0 aliphatic carbocycles. The van der Waals surface area contributed by atoms with Gasteiger partial charge in [-0.25, -0.2) is 4.68 Å². The Bertz CT molecular complexity index is 531. The predicted octanol–water partition coefficient (Wildman–Crippen LogP) is -1.90. The Balaban J connectivity index is 1.62. The highest BCUT2D eigenvalue weighted by atomic mass is 32.2. The number of aliphatic hydroxyl groups is 5. The van der Waals surface area contributed by atoms with E-state index in [2.05, 4.69) is 10.3 Å². The molecule has 0 saturated carbocycles. The highest BCUT2D eigenvalue weighted by Gasteiger charge is 2.43. The van der Waals surface area contributed by atoms with Gasteiger partial charge in [0.25, 0.3) is 0 Å². The fourth-order valence-electron chi connectivity index (χ4n) is 2.51. The van der Waals surface area contributed by atoms with Crippen molar-refractivity contribution in [2.75, 3.05) is 19.0 Å². The Labute approximate surface area is 155 Å². The van der Waals surface area contributed by atoms with E-state index in [4.69, 9.17) is 14.6 Å². The van der Waals surface area contributed by atoms with Crippen molar-refractivity contribution in [1.82, 2.24) is 15.0 Å². The van der Waals surface area contributed by atoms with Crippen molar-refractivity contribution in [2.45, 2.75) is 62.5 Å². The fourth-order valence-corrected chi connectivity index (χ4v) is 3.60. The lowest BCUT2D eigenvalue weighted by Gasteiger charge is -2.39. The molecule has 1 aliphatic rings. The Morgan fingerprint density at radius 2 is 2.08 bits per heavy atom. The maximum absolute atomic E-state index is 9.93. The molecular weight excluding hydrogens is 366 g/mol. The molecule has 0 bridgehead atoms. The molecule has 1 saturated heterocycles. The van der Waals surface area contributed by atoms with Crippen molar-refractivity contribution >= 4 is 11.8 Å². The van der Waals surface area contributed by atoms with Crippen molar-refractivity contribution in [3.63, 3.8) is 0 Å². The summed E-state index contributed by atoms with van der Waals surface area (Å²) >= 11 is 1.29. The van der Waals surface area contributed by atoms with Crippen LogP contribution < -0.4 is 0 Å². The van der Waals surface area contributed by atoms with Crippen molar-refractivity contribution in [3.8, 4) is 0 Å². The monoisotopic (exact) mass is 393 g/mol. The van der Waals surface area contributed by atoms with E-state index in [1.807, 2.05) is 0 Å². The number of aliphatic hydroxyl groups excluding tert-OH is 5. The molecule has 11 heteroatoms. The van der Waals surface area contributed by atoms with E-state index >= 15 is 0 Å². The second-order valence-corrected chi connectivity index (χ2v) is 7.46. The highest BCUT2D eigenvalue weighted by molar-refractivity contribution is 7.99. The summed E-state index contributed by atoms with van der Waals surface area (Å²) in [7, 11) is 0. The van der Waals surface area contributed by atoms with E-state index in [-0.39, 0.29) is 0 Å². The van der Waals surface area contributed by atoms with E-state index in [1.165, 1.54) is 11.8 Å². The molecule has 6 atom stereocenters. The van der Waals surface area contributed by atoms with Gasteiger partial charge in [0.2, 0.25) is 0 Å². The lowest BCUT2D eigenvalue weighted by Crippen LogP contribution is -2.57. The third-order valence-corrected chi connectivity index (χ3v) is 5.09. The van der Waals surface area contributed by atoms with E-state index in [0.717, 1.165) is 0 Å². The normalized spacial score (nSPS) is 30.5. The van der Waals surface area contributed by atoms with E-state index in [9.17, 15) is 20.4 Å². The minimum absolute atomic E-state index is 0.310. The average Bonchev–Trinajstić information content (AvgIpc) is 3.04. The molecule has 0 radical (unpaired) electrons. The summed E-state index contributed by atoms with van der Waals surface area (Å²) in [4.78, 5) is 0. The lowest BCUT2D eigenvalue weighted by atomic mass is 10.0. The van der Waals surface area contributed by atoms with Crippen LogP contribution in [0.5, 0.6) is 0 Å². The van der Waals surface area contributed by atoms with Gasteiger partial charge >= 0.3 is 0 Å². The van der Waals surface area contributed by atoms with Crippen LogP contribution in [0.25, 0.3) is 0 Å². The summed E-state index contributed by atoms with van der Waals surface area (Å²) < 4.78 is 12.5. The van der Waals surface area contributed by atoms with Gasteiger partial charge in [0.1, 0.15) is 35.5 Å². The summed E-state index contributed by atoms with van der Waals surface area (Å²) in [6.07, 6.45) is -2.88. The largest absolute Gasteiger partial charge is 0.394 e. The molecular formula is C15H27N3O7S. The fraction of sp³-hybridized carbons (Fsp3) is 0.867. The van der Waals surface area contributed by atoms with Crippen LogP contribution in [-0.2, 0) is 22.6 Å². The van der Waals surface area contributed by atoms with Crippen LogP contribution in [0.2, 0.25) is 0 Å². The molecule has 1 aromatic rings. The topological polar surface area (TPSA) is 150 Å². The lowest BCUT2D eigenvalue weighted by molar-refractivity contribution is -0.205. The number of thioether (sulfide) groups is 1. The molecule has 5 N–H and O–H groups in total. The number of nitrogens with zero attached hydrogens (tertiary/aromatic N) is 3. The molecule has 26 heavy (non-hydrogen) atoms. The first-order valence-corrected chi connectivity index (χ1v) is 9.54. The second kappa shape index (κ2) is 10.5. The first-order valence-electron chi connectivity index (χ1n) is 8.49. The SMILES string of the molecule is CC(O)Cn1cc(COCCCSC2OC(CO)C(O)C(O)C2O)nn1. The maximum Gasteiger partial charge on any atom is 0.132 e. The van der Waals surface area contributed by atoms with Gasteiger partial charge in [0.15, 0.2) is 0 Å². The second-order valence-electron chi connectivity index (χ2n) is 6.26. The standard InChI is InChI=1S/C15H27N3O7S/c1-9(20)5-18-6-10(16-17-18)8-24-3-2-4-26-15-14(23)13(22)12(21)11(7-19)25-15/h6,9,11-15,19-23H,2-5,7-8H2,1H3. The quantitative estimate of drug-likeness (QED) is 0.285. The minimum atomic E-state index is -1.35. The summed E-state index contributed by atoms with van der Waals surface area (Å²) in [5.41, 5.74) is -0.0434. The Morgan fingerprint density at radius 3 is 2.77 bits per heavy atom. The summed E-state index contributed by atoms with van der Waals surface area (Å²) in [5.74, 6) is 0.609. The molecule has 0 spiro atoms. The predicted molar refractivity (Wildman–Crippen MR) is 92.2 cm³/mol. The number of ether oxygens (including phenoxy) is 2. The van der Waals surface area contributed by atoms with Gasteiger partial charge in [-0.1, -0.05) is 5.21 Å². The number of rotatable bonds is 10. The molecule has 150 valence electrons. The van der Waals surface area contributed by atoms with E-state index in [0.29, 0.717) is 37.6 Å². The van der Waals surface area contributed by atoms with Crippen LogP contribution in [0.3, 0.4) is 0 Å². The van der Waals surface area contributed by atoms with Gasteiger partial charge in [-0.05, 0) is 19.1 Å². The molecule has 0 aromatic carbocycles. The van der Waals surface area contributed by atoms with Crippen molar-refractivity contribution in [2.24, 2.45) is 0 Å². The molecule has 0 amide bonds. The van der Waals surface area contributed by atoms with Crippen LogP contribution in [0.1, 0.15) is 19.0 Å². The summed E-state index contributed by atoms with van der Waals surface area (Å²) in [5, 5.41) is 55.7. The van der Waals surface area contributed by atoms with E-state index in [1.54, 1.807) is 17.8 Å². The van der Waals surface area contributed by atoms with Gasteiger partial charge < -0.3 is 35.0 Å². The van der Waals surface area contributed by atoms with Crippen LogP contribution >= 0.6 is 11.8 Å². The van der Waals surface area contributed by atoms with E-state index < -0.39 is 42.6 Å². The number of hydrogen-bond donors (Lipinski definition) is 5. The van der Waals surface area contributed by atoms with Gasteiger partial charge in [0, 0.05) is 6.61 Å². The number of hydrogen-bond acceptors (Lipinski definition) is 10. The first kappa shape index (κ1) is 21.5. The molecule has 2 heterocycles. The zero-order valence-corrected chi connectivity index (χ0v) is 15.4. The molecule has 2 rings (SSSR count). The Kier molecular flexibility index (Phi) is 8.70. The van der Waals surface area contributed by atoms with Gasteiger partial charge in [-0.2, -0.15) is 0 Å². The summed E-state index contributed by atoms with van der Waals surface area (Å²) in [6, 6.07) is 0. The molecule has 10 nitrogen and oxygen atoms in total. The number of aromatic nitrogens is 3. The Hall–Kier alpha value is -0.790. The van der Waals surface area contributed by atoms with Gasteiger partial charge in [0.05, 0.1) is 32.1 Å². The van der Waals surface area contributed by atoms with Gasteiger partial charge in [-0.3, -0.25) is 0 Å². The van der Waals surface area contributed by atoms with Crippen molar-refractivity contribution in [1.29, 1.82) is 0 Å². The third kappa shape index (κ3) is 6.13. The van der Waals surface area contributed by atoms with Crippen molar-refractivity contribution < 1.29 is 35.0 Å². The zero-order valence-electron chi connectivity index (χ0n) is 14.6. The smallest absolute Gasteiger partial charge is 0.132 e. The molecule has 1 fully saturated rings. The molecule has 1 aromatic heterocycles. The zero-order chi connectivity index (χ0) is 19.1. The van der Waals surface area contributed by atoms with Crippen LogP contribution in [0, 0.1) is 0 Å². The summed E-state index contributed by atoms with van der Waals surface area (Å²) in [6.45, 7) is 2.40. The average molecular weight is 393 g/mol. The highest BCUT2D eigenvalue weighted by Crippen LogP contribution is 2.28. The van der Waals surface area contributed by atoms with Crippen molar-refractivity contribution in [3.05, 3.63) is 11.9 Å². The van der Waals surface area contributed by atoms with Gasteiger partial charge in [-0.15, -0.1) is 16.9 Å². The Morgan fingerprint density at radius 1 is 1.31 bits per heavy atom. The first-order chi connectivity index (χ1) is 12.4. The van der Waals surface area contributed by atoms with Crippen LogP contribution in [0.15, 0.2) is 6.20 Å². The molecule has 1 aliphatic heterocycles. The minimum Gasteiger partial charge on any atom is -0.394 e. The third-order valence-electron chi connectivity index (χ3n) is 3.85. The molecule has 6 unspecified atom stereocenters.